The van der Waals surface area contributed by atoms with Gasteiger partial charge in [-0.25, -0.2) is 0 Å². The van der Waals surface area contributed by atoms with Gasteiger partial charge in [0, 0.05) is 30.8 Å². The number of rotatable bonds is 4. The molecule has 3 rings (SSSR count). The van der Waals surface area contributed by atoms with Gasteiger partial charge in [0.05, 0.1) is 12.8 Å². The molecule has 0 fully saturated rings. The van der Waals surface area contributed by atoms with Crippen LogP contribution in [0.3, 0.4) is 0 Å². The number of benzene rings is 1. The average Bonchev–Trinajstić information content (AvgIpc) is 3.02. The molecule has 2 atom stereocenters. The van der Waals surface area contributed by atoms with E-state index >= 15 is 0 Å². The number of aromatic nitrogens is 2. The van der Waals surface area contributed by atoms with Crippen LogP contribution in [0, 0.1) is 0 Å². The number of likely N-dealkylation sites (N-methyl/N-ethyl adjacent to an activating group) is 1. The van der Waals surface area contributed by atoms with Gasteiger partial charge in [-0.3, -0.25) is 4.68 Å². The summed E-state index contributed by atoms with van der Waals surface area (Å²) >= 11 is 0. The zero-order valence-corrected chi connectivity index (χ0v) is 11.3. The Kier molecular flexibility index (Phi) is 3.25. The molecule has 2 aromatic rings. The Morgan fingerprint density at radius 3 is 3.05 bits per heavy atom. The van der Waals surface area contributed by atoms with Crippen LogP contribution in [0.2, 0.25) is 0 Å². The number of hydrogen-bond acceptors (Lipinski definition) is 3. The summed E-state index contributed by atoms with van der Waals surface area (Å²) in [5.41, 5.74) is 2.57. The molecule has 0 bridgehead atoms. The fourth-order valence-corrected chi connectivity index (χ4v) is 2.80. The minimum Gasteiger partial charge on any atom is -0.493 e. The fourth-order valence-electron chi connectivity index (χ4n) is 2.80. The van der Waals surface area contributed by atoms with Crippen molar-refractivity contribution in [3.8, 4) is 5.75 Å². The molecular formula is C15H19N3O. The highest BCUT2D eigenvalue weighted by Crippen LogP contribution is 2.36. The fraction of sp³-hybridized carbons (Fsp3) is 0.400. The first-order valence-electron chi connectivity index (χ1n) is 6.64. The van der Waals surface area contributed by atoms with Gasteiger partial charge in [0.2, 0.25) is 0 Å². The monoisotopic (exact) mass is 257 g/mol. The zero-order valence-electron chi connectivity index (χ0n) is 11.3. The highest BCUT2D eigenvalue weighted by molar-refractivity contribution is 5.40. The Morgan fingerprint density at radius 1 is 1.47 bits per heavy atom. The van der Waals surface area contributed by atoms with Crippen LogP contribution in [-0.2, 0) is 13.5 Å². The Balaban J connectivity index is 1.80. The first-order chi connectivity index (χ1) is 9.28. The summed E-state index contributed by atoms with van der Waals surface area (Å²) in [5, 5.41) is 7.66. The second kappa shape index (κ2) is 5.05. The maximum Gasteiger partial charge on any atom is 0.122 e. The van der Waals surface area contributed by atoms with E-state index in [1.165, 1.54) is 11.1 Å². The van der Waals surface area contributed by atoms with Crippen molar-refractivity contribution in [3.63, 3.8) is 0 Å². The van der Waals surface area contributed by atoms with Crippen molar-refractivity contribution in [2.75, 3.05) is 13.7 Å². The van der Waals surface area contributed by atoms with Crippen molar-refractivity contribution < 1.29 is 4.74 Å². The van der Waals surface area contributed by atoms with Gasteiger partial charge in [-0.1, -0.05) is 18.2 Å². The smallest absolute Gasteiger partial charge is 0.122 e. The van der Waals surface area contributed by atoms with E-state index in [9.17, 15) is 0 Å². The predicted octanol–water partition coefficient (Wildman–Crippen LogP) is 1.73. The van der Waals surface area contributed by atoms with E-state index in [1.807, 2.05) is 37.1 Å². The lowest BCUT2D eigenvalue weighted by molar-refractivity contribution is 0.302. The Labute approximate surface area is 113 Å². The van der Waals surface area contributed by atoms with Crippen molar-refractivity contribution in [3.05, 3.63) is 47.8 Å². The molecule has 1 aromatic heterocycles. The van der Waals surface area contributed by atoms with Gasteiger partial charge < -0.3 is 10.1 Å². The number of fused-ring (bicyclic) bond motifs is 1. The lowest BCUT2D eigenvalue weighted by Gasteiger charge is -2.21. The van der Waals surface area contributed by atoms with Crippen molar-refractivity contribution in [1.29, 1.82) is 0 Å². The molecule has 2 heterocycles. The van der Waals surface area contributed by atoms with E-state index in [-0.39, 0.29) is 0 Å². The van der Waals surface area contributed by atoms with Crippen LogP contribution in [-0.4, -0.2) is 29.5 Å². The number of nitrogens with one attached hydrogen (secondary N) is 1. The Morgan fingerprint density at radius 2 is 2.32 bits per heavy atom. The molecule has 100 valence electrons. The maximum atomic E-state index is 5.78. The van der Waals surface area contributed by atoms with Gasteiger partial charge in [-0.05, 0) is 25.1 Å². The first-order valence-corrected chi connectivity index (χ1v) is 6.64. The topological polar surface area (TPSA) is 39.1 Å². The second-order valence-corrected chi connectivity index (χ2v) is 5.08. The van der Waals surface area contributed by atoms with Crippen LogP contribution < -0.4 is 10.1 Å². The number of aryl methyl sites for hydroxylation is 1. The quantitative estimate of drug-likeness (QED) is 0.906. The van der Waals surface area contributed by atoms with Crippen molar-refractivity contribution in [2.24, 2.45) is 7.05 Å². The molecule has 2 unspecified atom stereocenters. The molecule has 0 saturated carbocycles. The largest absolute Gasteiger partial charge is 0.493 e. The molecule has 0 spiro atoms. The highest BCUT2D eigenvalue weighted by atomic mass is 16.5. The van der Waals surface area contributed by atoms with Gasteiger partial charge in [0.25, 0.3) is 0 Å². The van der Waals surface area contributed by atoms with Gasteiger partial charge >= 0.3 is 0 Å². The van der Waals surface area contributed by atoms with E-state index in [1.54, 1.807) is 0 Å². The molecule has 4 nitrogen and oxygen atoms in total. The van der Waals surface area contributed by atoms with E-state index in [4.69, 9.17) is 4.74 Å². The molecule has 4 heteroatoms. The van der Waals surface area contributed by atoms with E-state index in [2.05, 4.69) is 28.7 Å². The van der Waals surface area contributed by atoms with E-state index in [0.29, 0.717) is 12.0 Å². The first kappa shape index (κ1) is 12.2. The average molecular weight is 257 g/mol. The zero-order chi connectivity index (χ0) is 13.2. The molecule has 19 heavy (non-hydrogen) atoms. The van der Waals surface area contributed by atoms with Crippen LogP contribution in [0.25, 0.3) is 0 Å². The van der Waals surface area contributed by atoms with Crippen LogP contribution in [0.5, 0.6) is 5.75 Å². The molecule has 0 saturated heterocycles. The molecule has 1 N–H and O–H groups in total. The summed E-state index contributed by atoms with van der Waals surface area (Å²) in [4.78, 5) is 0. The summed E-state index contributed by atoms with van der Waals surface area (Å²) < 4.78 is 7.62. The molecule has 1 aliphatic rings. The molecule has 1 aromatic carbocycles. The molecule has 0 radical (unpaired) electrons. The van der Waals surface area contributed by atoms with Crippen molar-refractivity contribution >= 4 is 0 Å². The van der Waals surface area contributed by atoms with Gasteiger partial charge in [-0.2, -0.15) is 5.10 Å². The molecule has 0 aliphatic carbocycles. The summed E-state index contributed by atoms with van der Waals surface area (Å²) in [5.74, 6) is 1.43. The standard InChI is InChI=1S/C15H19N3O/c1-16-14(7-11-8-17-18(2)9-11)13-10-19-15-6-4-3-5-12(13)15/h3-6,8-9,13-14,16H,7,10H2,1-2H3. The van der Waals surface area contributed by atoms with Crippen molar-refractivity contribution in [1.82, 2.24) is 15.1 Å². The molecule has 0 amide bonds. The molecular weight excluding hydrogens is 238 g/mol. The minimum absolute atomic E-state index is 0.368. The van der Waals surface area contributed by atoms with Gasteiger partial charge in [-0.15, -0.1) is 0 Å². The molecule has 1 aliphatic heterocycles. The summed E-state index contributed by atoms with van der Waals surface area (Å²) in [6.45, 7) is 0.755. The Hall–Kier alpha value is -1.81. The number of para-hydroxylation sites is 1. The lowest BCUT2D eigenvalue weighted by Crippen LogP contribution is -2.35. The number of nitrogens with zero attached hydrogens (tertiary/aromatic N) is 2. The third-order valence-corrected chi connectivity index (χ3v) is 3.81. The second-order valence-electron chi connectivity index (χ2n) is 5.08. The highest BCUT2D eigenvalue weighted by Gasteiger charge is 2.30. The summed E-state index contributed by atoms with van der Waals surface area (Å²) in [6.07, 6.45) is 4.98. The normalized spacial score (nSPS) is 18.9. The van der Waals surface area contributed by atoms with Crippen LogP contribution >= 0.6 is 0 Å². The Bertz CT molecular complexity index is 564. The van der Waals surface area contributed by atoms with Crippen LogP contribution in [0.4, 0.5) is 0 Å². The van der Waals surface area contributed by atoms with E-state index < -0.39 is 0 Å². The number of hydrogen-bond donors (Lipinski definition) is 1. The lowest BCUT2D eigenvalue weighted by atomic mass is 9.90. The maximum absolute atomic E-state index is 5.78. The number of ether oxygens (including phenoxy) is 1. The predicted molar refractivity (Wildman–Crippen MR) is 74.4 cm³/mol. The van der Waals surface area contributed by atoms with Crippen molar-refractivity contribution in [2.45, 2.75) is 18.4 Å². The van der Waals surface area contributed by atoms with E-state index in [0.717, 1.165) is 18.8 Å². The summed E-state index contributed by atoms with van der Waals surface area (Å²) in [6, 6.07) is 8.69. The summed E-state index contributed by atoms with van der Waals surface area (Å²) in [7, 11) is 3.97. The van der Waals surface area contributed by atoms with Crippen LogP contribution in [0.15, 0.2) is 36.7 Å². The third kappa shape index (κ3) is 2.36. The van der Waals surface area contributed by atoms with Crippen LogP contribution in [0.1, 0.15) is 17.0 Å². The van der Waals surface area contributed by atoms with Gasteiger partial charge in [0.15, 0.2) is 0 Å². The SMILES string of the molecule is CNC(Cc1cnn(C)c1)C1COc2ccccc21. The van der Waals surface area contributed by atoms with Gasteiger partial charge in [0.1, 0.15) is 5.75 Å². The minimum atomic E-state index is 0.368. The third-order valence-electron chi connectivity index (χ3n) is 3.81.